The summed E-state index contributed by atoms with van der Waals surface area (Å²) in [5.41, 5.74) is 0.237. The molecule has 0 aromatic heterocycles. The van der Waals surface area contributed by atoms with Crippen molar-refractivity contribution in [3.63, 3.8) is 0 Å². The molecule has 1 N–H and O–H groups in total. The number of rotatable bonds is 6. The molecule has 1 saturated heterocycles. The number of morpholine rings is 1. The van der Waals surface area contributed by atoms with E-state index in [1.807, 2.05) is 7.05 Å². The molecule has 90 valence electrons. The summed E-state index contributed by atoms with van der Waals surface area (Å²) in [5.74, 6) is 0. The van der Waals surface area contributed by atoms with Crippen LogP contribution in [0, 0.1) is 0 Å². The van der Waals surface area contributed by atoms with Crippen molar-refractivity contribution in [1.29, 1.82) is 0 Å². The maximum Gasteiger partial charge on any atom is 0.0645 e. The van der Waals surface area contributed by atoms with Gasteiger partial charge in [-0.3, -0.25) is 4.90 Å². The van der Waals surface area contributed by atoms with Gasteiger partial charge in [-0.25, -0.2) is 0 Å². The van der Waals surface area contributed by atoms with Crippen molar-refractivity contribution < 1.29 is 4.74 Å². The summed E-state index contributed by atoms with van der Waals surface area (Å²) in [4.78, 5) is 2.57. The second kappa shape index (κ2) is 6.46. The highest BCUT2D eigenvalue weighted by Gasteiger charge is 2.29. The summed E-state index contributed by atoms with van der Waals surface area (Å²) in [6.45, 7) is 9.80. The van der Waals surface area contributed by atoms with Crippen LogP contribution < -0.4 is 5.32 Å². The van der Waals surface area contributed by atoms with Gasteiger partial charge in [-0.1, -0.05) is 6.42 Å². The first-order valence-corrected chi connectivity index (χ1v) is 6.14. The zero-order valence-corrected chi connectivity index (χ0v) is 10.5. The molecular weight excluding hydrogens is 188 g/mol. The van der Waals surface area contributed by atoms with Gasteiger partial charge in [-0.05, 0) is 46.8 Å². The minimum absolute atomic E-state index is 0.237. The van der Waals surface area contributed by atoms with E-state index in [9.17, 15) is 0 Å². The molecule has 0 aliphatic carbocycles. The Labute approximate surface area is 94.2 Å². The minimum atomic E-state index is 0.237. The molecule has 0 amide bonds. The topological polar surface area (TPSA) is 24.5 Å². The number of hydrogen-bond donors (Lipinski definition) is 1. The van der Waals surface area contributed by atoms with E-state index in [-0.39, 0.29) is 5.54 Å². The first kappa shape index (κ1) is 12.9. The SMILES string of the molecule is CNCCCCCN1CCOCC1(C)C. The number of hydrogen-bond acceptors (Lipinski definition) is 3. The third-order valence-electron chi connectivity index (χ3n) is 3.17. The van der Waals surface area contributed by atoms with Gasteiger partial charge in [0.1, 0.15) is 0 Å². The van der Waals surface area contributed by atoms with E-state index in [0.717, 1.165) is 26.3 Å². The van der Waals surface area contributed by atoms with Crippen LogP contribution in [0.3, 0.4) is 0 Å². The van der Waals surface area contributed by atoms with E-state index >= 15 is 0 Å². The minimum Gasteiger partial charge on any atom is -0.378 e. The fourth-order valence-corrected chi connectivity index (χ4v) is 2.09. The molecule has 1 aliphatic rings. The molecule has 3 nitrogen and oxygen atoms in total. The Morgan fingerprint density at radius 2 is 2.07 bits per heavy atom. The van der Waals surface area contributed by atoms with Crippen LogP contribution in [-0.2, 0) is 4.74 Å². The quantitative estimate of drug-likeness (QED) is 0.678. The van der Waals surface area contributed by atoms with Gasteiger partial charge in [0, 0.05) is 12.1 Å². The van der Waals surface area contributed by atoms with Crippen molar-refractivity contribution in [2.75, 3.05) is 39.9 Å². The molecular formula is C12H26N2O. The maximum absolute atomic E-state index is 5.51. The Kier molecular flexibility index (Phi) is 5.58. The smallest absolute Gasteiger partial charge is 0.0645 e. The number of nitrogens with zero attached hydrogens (tertiary/aromatic N) is 1. The van der Waals surface area contributed by atoms with E-state index in [2.05, 4.69) is 24.1 Å². The summed E-state index contributed by atoms with van der Waals surface area (Å²) < 4.78 is 5.51. The van der Waals surface area contributed by atoms with Crippen LogP contribution in [0.4, 0.5) is 0 Å². The lowest BCUT2D eigenvalue weighted by molar-refractivity contribution is -0.0513. The van der Waals surface area contributed by atoms with E-state index in [0.29, 0.717) is 0 Å². The molecule has 0 spiro atoms. The molecule has 0 saturated carbocycles. The van der Waals surface area contributed by atoms with Crippen molar-refractivity contribution in [2.45, 2.75) is 38.6 Å². The van der Waals surface area contributed by atoms with Gasteiger partial charge in [-0.15, -0.1) is 0 Å². The summed E-state index contributed by atoms with van der Waals surface area (Å²) in [5, 5.41) is 3.19. The van der Waals surface area contributed by atoms with Gasteiger partial charge < -0.3 is 10.1 Å². The maximum atomic E-state index is 5.51. The van der Waals surface area contributed by atoms with Crippen molar-refractivity contribution in [3.8, 4) is 0 Å². The predicted octanol–water partition coefficient (Wildman–Crippen LogP) is 1.49. The highest BCUT2D eigenvalue weighted by Crippen LogP contribution is 2.19. The average Bonchev–Trinajstić information content (AvgIpc) is 2.19. The van der Waals surface area contributed by atoms with Crippen LogP contribution in [0.2, 0.25) is 0 Å². The number of unbranched alkanes of at least 4 members (excludes halogenated alkanes) is 2. The Hall–Kier alpha value is -0.120. The molecule has 0 bridgehead atoms. The van der Waals surface area contributed by atoms with Crippen LogP contribution in [0.5, 0.6) is 0 Å². The predicted molar refractivity (Wildman–Crippen MR) is 64.2 cm³/mol. The summed E-state index contributed by atoms with van der Waals surface area (Å²) >= 11 is 0. The zero-order chi connectivity index (χ0) is 11.1. The highest BCUT2D eigenvalue weighted by molar-refractivity contribution is 4.84. The Balaban J connectivity index is 2.13. The van der Waals surface area contributed by atoms with E-state index in [1.54, 1.807) is 0 Å². The monoisotopic (exact) mass is 214 g/mol. The zero-order valence-electron chi connectivity index (χ0n) is 10.5. The lowest BCUT2D eigenvalue weighted by Gasteiger charge is -2.42. The second-order valence-electron chi connectivity index (χ2n) is 5.02. The molecule has 1 rings (SSSR count). The Bertz CT molecular complexity index is 171. The number of ether oxygens (including phenoxy) is 1. The summed E-state index contributed by atoms with van der Waals surface area (Å²) in [6.07, 6.45) is 3.93. The summed E-state index contributed by atoms with van der Waals surface area (Å²) in [7, 11) is 2.02. The largest absolute Gasteiger partial charge is 0.378 e. The normalized spacial score (nSPS) is 21.8. The molecule has 1 fully saturated rings. The van der Waals surface area contributed by atoms with Gasteiger partial charge in [0.05, 0.1) is 13.2 Å². The molecule has 15 heavy (non-hydrogen) atoms. The molecule has 0 aromatic carbocycles. The molecule has 0 atom stereocenters. The molecule has 0 radical (unpaired) electrons. The van der Waals surface area contributed by atoms with Gasteiger partial charge in [0.25, 0.3) is 0 Å². The highest BCUT2D eigenvalue weighted by atomic mass is 16.5. The van der Waals surface area contributed by atoms with Gasteiger partial charge in [0.2, 0.25) is 0 Å². The van der Waals surface area contributed by atoms with Crippen molar-refractivity contribution >= 4 is 0 Å². The Morgan fingerprint density at radius 3 is 2.73 bits per heavy atom. The van der Waals surface area contributed by atoms with E-state index in [1.165, 1.54) is 25.8 Å². The lowest BCUT2D eigenvalue weighted by Crippen LogP contribution is -2.53. The van der Waals surface area contributed by atoms with Crippen molar-refractivity contribution in [2.24, 2.45) is 0 Å². The fourth-order valence-electron chi connectivity index (χ4n) is 2.09. The molecule has 3 heteroatoms. The lowest BCUT2D eigenvalue weighted by atomic mass is 10.0. The standard InChI is InChI=1S/C12H26N2O/c1-12(2)11-15-10-9-14(12)8-6-4-5-7-13-3/h13H,4-11H2,1-3H3. The first-order chi connectivity index (χ1) is 7.17. The van der Waals surface area contributed by atoms with Crippen molar-refractivity contribution in [1.82, 2.24) is 10.2 Å². The van der Waals surface area contributed by atoms with Crippen LogP contribution in [0.25, 0.3) is 0 Å². The average molecular weight is 214 g/mol. The first-order valence-electron chi connectivity index (χ1n) is 6.14. The molecule has 0 unspecified atom stereocenters. The van der Waals surface area contributed by atoms with Gasteiger partial charge in [-0.2, -0.15) is 0 Å². The fraction of sp³-hybridized carbons (Fsp3) is 1.00. The molecule has 1 heterocycles. The molecule has 0 aromatic rings. The van der Waals surface area contributed by atoms with Gasteiger partial charge in [0.15, 0.2) is 0 Å². The van der Waals surface area contributed by atoms with Crippen LogP contribution >= 0.6 is 0 Å². The summed E-state index contributed by atoms with van der Waals surface area (Å²) in [6, 6.07) is 0. The molecule has 1 aliphatic heterocycles. The Morgan fingerprint density at radius 1 is 1.27 bits per heavy atom. The van der Waals surface area contributed by atoms with Crippen molar-refractivity contribution in [3.05, 3.63) is 0 Å². The number of nitrogens with one attached hydrogen (secondary N) is 1. The second-order valence-corrected chi connectivity index (χ2v) is 5.02. The van der Waals surface area contributed by atoms with E-state index < -0.39 is 0 Å². The third-order valence-corrected chi connectivity index (χ3v) is 3.17. The van der Waals surface area contributed by atoms with Crippen LogP contribution in [0.1, 0.15) is 33.1 Å². The van der Waals surface area contributed by atoms with E-state index in [4.69, 9.17) is 4.74 Å². The van der Waals surface area contributed by atoms with Crippen LogP contribution in [-0.4, -0.2) is 50.3 Å². The van der Waals surface area contributed by atoms with Crippen LogP contribution in [0.15, 0.2) is 0 Å². The van der Waals surface area contributed by atoms with Gasteiger partial charge >= 0.3 is 0 Å². The third kappa shape index (κ3) is 4.49.